The summed E-state index contributed by atoms with van der Waals surface area (Å²) in [6.45, 7) is 1.85. The monoisotopic (exact) mass is 346 g/mol. The average Bonchev–Trinajstić information content (AvgIpc) is 3.22. The Morgan fingerprint density at radius 2 is 2.21 bits per heavy atom. The van der Waals surface area contributed by atoms with Gasteiger partial charge in [-0.05, 0) is 13.0 Å². The molecule has 0 saturated heterocycles. The van der Waals surface area contributed by atoms with Gasteiger partial charge in [-0.25, -0.2) is 9.78 Å². The van der Waals surface area contributed by atoms with Crippen molar-refractivity contribution in [2.45, 2.75) is 13.5 Å². The second-order valence-electron chi connectivity index (χ2n) is 5.06. The number of hydrogen-bond acceptors (Lipinski definition) is 6. The molecule has 24 heavy (non-hydrogen) atoms. The fourth-order valence-electron chi connectivity index (χ4n) is 2.07. The number of hydrogen-bond donors (Lipinski definition) is 2. The van der Waals surface area contributed by atoms with E-state index >= 15 is 0 Å². The smallest absolute Gasteiger partial charge is 0.356 e. The molecule has 3 aromatic heterocycles. The number of nitrogens with zero attached hydrogens (tertiary/aromatic N) is 5. The first kappa shape index (κ1) is 15.9. The SMILES string of the molecule is Cc1c(-c2csc(NC(=O)Cn3ccc(C(=O)O)n3)n2)cnn1C. The molecule has 0 aliphatic heterocycles. The van der Waals surface area contributed by atoms with Crippen LogP contribution in [-0.4, -0.2) is 41.5 Å². The normalized spacial score (nSPS) is 10.8. The van der Waals surface area contributed by atoms with Crippen molar-refractivity contribution in [1.29, 1.82) is 0 Å². The van der Waals surface area contributed by atoms with Crippen LogP contribution in [0.5, 0.6) is 0 Å². The zero-order valence-electron chi connectivity index (χ0n) is 12.9. The summed E-state index contributed by atoms with van der Waals surface area (Å²) in [5, 5.41) is 21.8. The molecule has 0 atom stereocenters. The average molecular weight is 346 g/mol. The molecule has 0 radical (unpaired) electrons. The van der Waals surface area contributed by atoms with Gasteiger partial charge in [0.05, 0.1) is 11.9 Å². The third-order valence-corrected chi connectivity index (χ3v) is 4.18. The van der Waals surface area contributed by atoms with E-state index in [0.717, 1.165) is 17.0 Å². The number of carbonyl (C=O) groups excluding carboxylic acids is 1. The van der Waals surface area contributed by atoms with Crippen LogP contribution < -0.4 is 5.32 Å². The number of carbonyl (C=O) groups is 2. The largest absolute Gasteiger partial charge is 0.476 e. The number of anilines is 1. The van der Waals surface area contributed by atoms with Crippen LogP contribution in [0.2, 0.25) is 0 Å². The summed E-state index contributed by atoms with van der Waals surface area (Å²) in [4.78, 5) is 27.2. The minimum absolute atomic E-state index is 0.0892. The van der Waals surface area contributed by atoms with E-state index < -0.39 is 5.97 Å². The van der Waals surface area contributed by atoms with Gasteiger partial charge in [0, 0.05) is 29.9 Å². The Kier molecular flexibility index (Phi) is 4.13. The van der Waals surface area contributed by atoms with E-state index in [1.165, 1.54) is 28.3 Å². The second kappa shape index (κ2) is 6.24. The molecule has 0 saturated carbocycles. The van der Waals surface area contributed by atoms with Crippen LogP contribution in [-0.2, 0) is 18.4 Å². The lowest BCUT2D eigenvalue weighted by molar-refractivity contribution is -0.116. The Labute approximate surface area is 140 Å². The van der Waals surface area contributed by atoms with Gasteiger partial charge < -0.3 is 10.4 Å². The van der Waals surface area contributed by atoms with E-state index in [4.69, 9.17) is 5.11 Å². The highest BCUT2D eigenvalue weighted by molar-refractivity contribution is 7.14. The molecule has 0 spiro atoms. The Bertz CT molecular complexity index is 909. The number of aromatic nitrogens is 5. The molecule has 124 valence electrons. The maximum absolute atomic E-state index is 12.0. The molecule has 0 unspecified atom stereocenters. The van der Waals surface area contributed by atoms with Crippen molar-refractivity contribution in [3.63, 3.8) is 0 Å². The van der Waals surface area contributed by atoms with Crippen molar-refractivity contribution in [3.8, 4) is 11.3 Å². The fraction of sp³-hybridized carbons (Fsp3) is 0.214. The molecule has 0 fully saturated rings. The van der Waals surface area contributed by atoms with Crippen LogP contribution in [0.15, 0.2) is 23.8 Å². The highest BCUT2D eigenvalue weighted by atomic mass is 32.1. The van der Waals surface area contributed by atoms with Gasteiger partial charge in [0.25, 0.3) is 0 Å². The summed E-state index contributed by atoms with van der Waals surface area (Å²) in [6.07, 6.45) is 3.17. The first-order chi connectivity index (χ1) is 11.4. The summed E-state index contributed by atoms with van der Waals surface area (Å²) < 4.78 is 3.02. The summed E-state index contributed by atoms with van der Waals surface area (Å²) in [7, 11) is 1.85. The maximum atomic E-state index is 12.0. The zero-order chi connectivity index (χ0) is 17.3. The molecule has 3 rings (SSSR count). The topological polar surface area (TPSA) is 115 Å². The van der Waals surface area contributed by atoms with E-state index in [9.17, 15) is 9.59 Å². The fourth-order valence-corrected chi connectivity index (χ4v) is 2.80. The first-order valence-corrected chi connectivity index (χ1v) is 7.83. The van der Waals surface area contributed by atoms with Crippen molar-refractivity contribution in [1.82, 2.24) is 24.5 Å². The number of nitrogens with one attached hydrogen (secondary N) is 1. The molecule has 0 aliphatic rings. The van der Waals surface area contributed by atoms with Crippen LogP contribution in [0.25, 0.3) is 11.3 Å². The van der Waals surface area contributed by atoms with Crippen LogP contribution >= 0.6 is 11.3 Å². The Hall–Kier alpha value is -3.01. The third kappa shape index (κ3) is 3.18. The van der Waals surface area contributed by atoms with Crippen molar-refractivity contribution in [3.05, 3.63) is 35.2 Å². The van der Waals surface area contributed by atoms with Gasteiger partial charge in [-0.3, -0.25) is 14.2 Å². The Balaban J connectivity index is 1.66. The zero-order valence-corrected chi connectivity index (χ0v) is 13.7. The minimum atomic E-state index is -1.13. The van der Waals surface area contributed by atoms with Gasteiger partial charge in [-0.1, -0.05) is 0 Å². The quantitative estimate of drug-likeness (QED) is 0.721. The number of aryl methyl sites for hydroxylation is 1. The lowest BCUT2D eigenvalue weighted by Crippen LogP contribution is -2.19. The molecule has 0 aromatic carbocycles. The maximum Gasteiger partial charge on any atom is 0.356 e. The molecular weight excluding hydrogens is 332 g/mol. The number of carboxylic acids is 1. The standard InChI is InChI=1S/C14H14N6O3S/c1-8-9(5-15-19(8)2)11-7-24-14(16-11)17-12(21)6-20-4-3-10(18-20)13(22)23/h3-5,7H,6H2,1-2H3,(H,22,23)(H,16,17,21). The first-order valence-electron chi connectivity index (χ1n) is 6.95. The van der Waals surface area contributed by atoms with Gasteiger partial charge in [0.15, 0.2) is 10.8 Å². The second-order valence-corrected chi connectivity index (χ2v) is 5.92. The van der Waals surface area contributed by atoms with Crippen molar-refractivity contribution >= 4 is 28.3 Å². The molecule has 0 bridgehead atoms. The highest BCUT2D eigenvalue weighted by Gasteiger charge is 2.13. The van der Waals surface area contributed by atoms with Crippen molar-refractivity contribution in [2.75, 3.05) is 5.32 Å². The van der Waals surface area contributed by atoms with Gasteiger partial charge in [-0.15, -0.1) is 11.3 Å². The molecule has 9 nitrogen and oxygen atoms in total. The molecule has 0 aliphatic carbocycles. The van der Waals surface area contributed by atoms with Crippen LogP contribution in [0.1, 0.15) is 16.2 Å². The van der Waals surface area contributed by atoms with Crippen LogP contribution in [0.4, 0.5) is 5.13 Å². The lowest BCUT2D eigenvalue weighted by Gasteiger charge is -2.01. The van der Waals surface area contributed by atoms with Gasteiger partial charge >= 0.3 is 5.97 Å². The number of rotatable bonds is 5. The third-order valence-electron chi connectivity index (χ3n) is 3.43. The molecule has 1 amide bonds. The van der Waals surface area contributed by atoms with Crippen molar-refractivity contribution < 1.29 is 14.7 Å². The summed E-state index contributed by atoms with van der Waals surface area (Å²) in [5.41, 5.74) is 2.53. The molecule has 2 N–H and O–H groups in total. The van der Waals surface area contributed by atoms with Crippen LogP contribution in [0, 0.1) is 6.92 Å². The molecule has 3 aromatic rings. The predicted molar refractivity (Wildman–Crippen MR) is 86.9 cm³/mol. The minimum Gasteiger partial charge on any atom is -0.476 e. The Morgan fingerprint density at radius 1 is 1.42 bits per heavy atom. The Morgan fingerprint density at radius 3 is 2.83 bits per heavy atom. The number of thiazole rings is 1. The predicted octanol–water partition coefficient (Wildman–Crippen LogP) is 1.39. The van der Waals surface area contributed by atoms with E-state index in [2.05, 4.69) is 20.5 Å². The van der Waals surface area contributed by atoms with Crippen molar-refractivity contribution in [2.24, 2.45) is 7.05 Å². The van der Waals surface area contributed by atoms with Gasteiger partial charge in [0.1, 0.15) is 6.54 Å². The summed E-state index contributed by atoms with van der Waals surface area (Å²) in [5.74, 6) is -1.47. The molecule has 10 heteroatoms. The number of carboxylic acid groups (broad SMARTS) is 1. The van der Waals surface area contributed by atoms with E-state index in [0.29, 0.717) is 5.13 Å². The number of aromatic carboxylic acids is 1. The molecule has 3 heterocycles. The van der Waals surface area contributed by atoms with Gasteiger partial charge in [0.2, 0.25) is 5.91 Å². The van der Waals surface area contributed by atoms with E-state index in [1.54, 1.807) is 10.9 Å². The summed E-state index contributed by atoms with van der Waals surface area (Å²) in [6, 6.07) is 1.34. The van der Waals surface area contributed by atoms with E-state index in [-0.39, 0.29) is 18.1 Å². The molecular formula is C14H14N6O3S. The van der Waals surface area contributed by atoms with Gasteiger partial charge in [-0.2, -0.15) is 10.2 Å². The highest BCUT2D eigenvalue weighted by Crippen LogP contribution is 2.26. The summed E-state index contributed by atoms with van der Waals surface area (Å²) >= 11 is 1.31. The lowest BCUT2D eigenvalue weighted by atomic mass is 10.2. The van der Waals surface area contributed by atoms with E-state index in [1.807, 2.05) is 19.4 Å². The van der Waals surface area contributed by atoms with Crippen LogP contribution in [0.3, 0.4) is 0 Å². The number of amides is 1.